The average molecular weight is 763 g/mol. The number of phosphoric ester groups is 1. The van der Waals surface area contributed by atoms with Gasteiger partial charge in [-0.1, -0.05) is 136 Å². The minimum Gasteiger partial charge on any atom is -0.462 e. The Hall–Kier alpha value is -1.33. The van der Waals surface area contributed by atoms with Crippen LogP contribution in [0.3, 0.4) is 0 Å². The van der Waals surface area contributed by atoms with Gasteiger partial charge in [0.2, 0.25) is 0 Å². The third kappa shape index (κ3) is 30.0. The first kappa shape index (κ1) is 48.7. The number of ether oxygens (including phenoxy) is 3. The zero-order valence-corrected chi connectivity index (χ0v) is 33.8. The van der Waals surface area contributed by atoms with E-state index >= 15 is 0 Å². The predicted molar refractivity (Wildman–Crippen MR) is 205 cm³/mol. The molecule has 3 N–H and O–H groups in total. The quantitative estimate of drug-likeness (QED) is 0.0182. The van der Waals surface area contributed by atoms with Crippen molar-refractivity contribution in [2.45, 2.75) is 199 Å². The Labute approximate surface area is 315 Å². The zero-order valence-electron chi connectivity index (χ0n) is 32.9. The molecule has 0 bridgehead atoms. The second-order valence-corrected chi connectivity index (χ2v) is 16.3. The van der Waals surface area contributed by atoms with Crippen LogP contribution in [0.4, 0.5) is 0 Å². The first-order valence-electron chi connectivity index (χ1n) is 20.6. The average Bonchev–Trinajstić information content (AvgIpc) is 3.87. The molecule has 1 saturated heterocycles. The summed E-state index contributed by atoms with van der Waals surface area (Å²) < 4.78 is 38.4. The van der Waals surface area contributed by atoms with Crippen molar-refractivity contribution >= 4 is 19.8 Å². The molecule has 0 aromatic rings. The summed E-state index contributed by atoms with van der Waals surface area (Å²) in [4.78, 5) is 34.9. The zero-order chi connectivity index (χ0) is 38.3. The Morgan fingerprint density at radius 2 is 1.31 bits per heavy atom. The minimum atomic E-state index is -4.62. The Kier molecular flexibility index (Phi) is 29.9. The SMILES string of the molecule is CCCCCC1OC1C/C=C\CCCCCCCC(=O)O[C@H](COC(=O)CCCCCCCCCCCCC(C)C)COP(=O)(O)OC[C@@H](O)CO. The standard InChI is InChI=1S/C40H75O11P/c1-4-5-20-26-37-38(51-37)27-22-17-13-10-11-15-19-24-29-40(44)50-36(33-49-52(45,46)48-31-35(42)30-41)32-47-39(43)28-23-18-14-9-7-6-8-12-16-21-25-34(2)3/h17,22,34-38,41-42H,4-16,18-21,23-33H2,1-3H3,(H,45,46)/b22-17-/t35-,36+,37?,38?/m0/s1. The molecule has 0 amide bonds. The van der Waals surface area contributed by atoms with Crippen LogP contribution in [-0.4, -0.2) is 77.9 Å². The van der Waals surface area contributed by atoms with Crippen molar-refractivity contribution in [3.8, 4) is 0 Å². The van der Waals surface area contributed by atoms with Crippen LogP contribution < -0.4 is 0 Å². The van der Waals surface area contributed by atoms with Crippen LogP contribution in [0.2, 0.25) is 0 Å². The molecular weight excluding hydrogens is 687 g/mol. The van der Waals surface area contributed by atoms with E-state index in [0.29, 0.717) is 25.0 Å². The molecule has 0 aliphatic carbocycles. The van der Waals surface area contributed by atoms with Gasteiger partial charge in [0.25, 0.3) is 0 Å². The first-order valence-corrected chi connectivity index (χ1v) is 22.1. The van der Waals surface area contributed by atoms with E-state index in [9.17, 15) is 24.2 Å². The molecule has 0 aromatic carbocycles. The van der Waals surface area contributed by atoms with Crippen LogP contribution in [0, 0.1) is 5.92 Å². The van der Waals surface area contributed by atoms with E-state index in [0.717, 1.165) is 63.7 Å². The minimum absolute atomic E-state index is 0.166. The highest BCUT2D eigenvalue weighted by Crippen LogP contribution is 2.43. The first-order chi connectivity index (χ1) is 25.1. The summed E-state index contributed by atoms with van der Waals surface area (Å²) in [5, 5.41) is 18.3. The van der Waals surface area contributed by atoms with Crippen molar-refractivity contribution in [2.24, 2.45) is 5.92 Å². The number of phosphoric acid groups is 1. The summed E-state index contributed by atoms with van der Waals surface area (Å²) in [5.41, 5.74) is 0. The van der Waals surface area contributed by atoms with Crippen LogP contribution in [0.25, 0.3) is 0 Å². The van der Waals surface area contributed by atoms with Crippen LogP contribution in [0.1, 0.15) is 175 Å². The van der Waals surface area contributed by atoms with Crippen molar-refractivity contribution in [3.05, 3.63) is 12.2 Å². The van der Waals surface area contributed by atoms with Gasteiger partial charge in [-0.15, -0.1) is 0 Å². The van der Waals surface area contributed by atoms with E-state index in [4.69, 9.17) is 23.8 Å². The van der Waals surface area contributed by atoms with Gasteiger partial charge in [-0.2, -0.15) is 0 Å². The number of carbonyl (C=O) groups excluding carboxylic acids is 2. The molecule has 5 atom stereocenters. The Bertz CT molecular complexity index is 960. The number of unbranched alkanes of at least 4 members (excludes halogenated alkanes) is 16. The van der Waals surface area contributed by atoms with Crippen molar-refractivity contribution in [2.75, 3.05) is 26.4 Å². The molecule has 306 valence electrons. The molecule has 52 heavy (non-hydrogen) atoms. The molecule has 0 aromatic heterocycles. The van der Waals surface area contributed by atoms with Crippen LogP contribution in [0.15, 0.2) is 12.2 Å². The number of hydrogen-bond donors (Lipinski definition) is 3. The maximum Gasteiger partial charge on any atom is 0.472 e. The number of allylic oxidation sites excluding steroid dienone is 1. The number of hydrogen-bond acceptors (Lipinski definition) is 10. The van der Waals surface area contributed by atoms with Crippen molar-refractivity contribution in [3.63, 3.8) is 0 Å². The summed E-state index contributed by atoms with van der Waals surface area (Å²) in [6.07, 6.45) is 27.8. The van der Waals surface area contributed by atoms with Crippen LogP contribution in [0.5, 0.6) is 0 Å². The highest BCUT2D eigenvalue weighted by Gasteiger charge is 2.36. The fourth-order valence-electron chi connectivity index (χ4n) is 5.95. The summed E-state index contributed by atoms with van der Waals surface area (Å²) in [7, 11) is -4.62. The van der Waals surface area contributed by atoms with Crippen molar-refractivity contribution in [1.29, 1.82) is 0 Å². The topological polar surface area (TPSA) is 161 Å². The molecule has 1 heterocycles. The van der Waals surface area contributed by atoms with Gasteiger partial charge in [-0.05, 0) is 44.4 Å². The molecule has 1 aliphatic heterocycles. The predicted octanol–water partition coefficient (Wildman–Crippen LogP) is 9.29. The summed E-state index contributed by atoms with van der Waals surface area (Å²) >= 11 is 0. The second kappa shape index (κ2) is 32.0. The number of esters is 2. The molecule has 1 aliphatic rings. The van der Waals surface area contributed by atoms with E-state index in [1.54, 1.807) is 0 Å². The lowest BCUT2D eigenvalue weighted by atomic mass is 10.0. The van der Waals surface area contributed by atoms with Gasteiger partial charge in [0.15, 0.2) is 6.10 Å². The fourth-order valence-corrected chi connectivity index (χ4v) is 6.74. The van der Waals surface area contributed by atoms with Gasteiger partial charge in [0.05, 0.1) is 32.0 Å². The highest BCUT2D eigenvalue weighted by molar-refractivity contribution is 7.47. The van der Waals surface area contributed by atoms with Gasteiger partial charge in [0, 0.05) is 12.8 Å². The Morgan fingerprint density at radius 3 is 1.92 bits per heavy atom. The molecule has 0 spiro atoms. The Balaban J connectivity index is 2.26. The fraction of sp³-hybridized carbons (Fsp3) is 0.900. The lowest BCUT2D eigenvalue weighted by Crippen LogP contribution is -2.29. The molecule has 0 saturated carbocycles. The van der Waals surface area contributed by atoms with E-state index in [2.05, 4.69) is 37.4 Å². The van der Waals surface area contributed by atoms with E-state index in [-0.39, 0.29) is 19.4 Å². The van der Waals surface area contributed by atoms with Gasteiger partial charge in [0.1, 0.15) is 12.7 Å². The van der Waals surface area contributed by atoms with Crippen LogP contribution in [-0.2, 0) is 37.4 Å². The Morgan fingerprint density at radius 1 is 0.731 bits per heavy atom. The molecule has 3 unspecified atom stereocenters. The number of rotatable bonds is 37. The molecule has 11 nitrogen and oxygen atoms in total. The normalized spacial score (nSPS) is 18.1. The number of carbonyl (C=O) groups is 2. The van der Waals surface area contributed by atoms with Crippen molar-refractivity contribution in [1.82, 2.24) is 0 Å². The third-order valence-electron chi connectivity index (χ3n) is 9.27. The second-order valence-electron chi connectivity index (χ2n) is 14.9. The largest absolute Gasteiger partial charge is 0.472 e. The summed E-state index contributed by atoms with van der Waals surface area (Å²) in [6.45, 7) is 4.63. The van der Waals surface area contributed by atoms with Gasteiger partial charge < -0.3 is 29.3 Å². The summed E-state index contributed by atoms with van der Waals surface area (Å²) in [5.74, 6) is -0.154. The smallest absolute Gasteiger partial charge is 0.462 e. The number of aliphatic hydroxyl groups excluding tert-OH is 2. The van der Waals surface area contributed by atoms with Gasteiger partial charge >= 0.3 is 19.8 Å². The number of epoxide rings is 1. The molecular formula is C40H75O11P. The number of aliphatic hydroxyl groups is 2. The van der Waals surface area contributed by atoms with E-state index in [1.165, 1.54) is 70.6 Å². The van der Waals surface area contributed by atoms with Gasteiger partial charge in [-0.3, -0.25) is 18.6 Å². The monoisotopic (exact) mass is 763 g/mol. The third-order valence-corrected chi connectivity index (χ3v) is 10.2. The molecule has 1 fully saturated rings. The molecule has 1 rings (SSSR count). The van der Waals surface area contributed by atoms with Gasteiger partial charge in [-0.25, -0.2) is 4.57 Å². The molecule has 0 radical (unpaired) electrons. The maximum atomic E-state index is 12.6. The van der Waals surface area contributed by atoms with E-state index in [1.807, 2.05) is 0 Å². The lowest BCUT2D eigenvalue weighted by Gasteiger charge is -2.20. The highest BCUT2D eigenvalue weighted by atomic mass is 31.2. The summed E-state index contributed by atoms with van der Waals surface area (Å²) in [6, 6.07) is 0. The van der Waals surface area contributed by atoms with Crippen molar-refractivity contribution < 1.29 is 52.5 Å². The van der Waals surface area contributed by atoms with Crippen LogP contribution >= 0.6 is 7.82 Å². The lowest BCUT2D eigenvalue weighted by molar-refractivity contribution is -0.161. The van der Waals surface area contributed by atoms with E-state index < -0.39 is 51.8 Å². The maximum absolute atomic E-state index is 12.6. The molecule has 12 heteroatoms.